The molecule has 9 rings (SSSR count). The third-order valence-corrected chi connectivity index (χ3v) is 15.1. The molecule has 2 aliphatic heterocycles. The van der Waals surface area contributed by atoms with E-state index in [1.807, 2.05) is 49.9 Å². The minimum atomic E-state index is -3.43. The highest BCUT2D eigenvalue weighted by atomic mass is 32.2. The van der Waals surface area contributed by atoms with E-state index in [0.717, 1.165) is 41.3 Å². The van der Waals surface area contributed by atoms with Crippen LogP contribution in [0.3, 0.4) is 0 Å². The molecular formula is C52H48BF2NO6S3. The quantitative estimate of drug-likeness (QED) is 0.109. The Labute approximate surface area is 388 Å². The van der Waals surface area contributed by atoms with E-state index < -0.39 is 22.8 Å². The summed E-state index contributed by atoms with van der Waals surface area (Å²) in [6.45, 7) is 5.96. The van der Waals surface area contributed by atoms with Crippen LogP contribution in [0.2, 0.25) is 0 Å². The summed E-state index contributed by atoms with van der Waals surface area (Å²) in [6, 6.07) is 45.6. The van der Waals surface area contributed by atoms with E-state index in [1.54, 1.807) is 30.0 Å². The first-order valence-electron chi connectivity index (χ1n) is 20.8. The van der Waals surface area contributed by atoms with E-state index in [2.05, 4.69) is 95.5 Å². The number of halogens is 2. The Morgan fingerprint density at radius 3 is 1.77 bits per heavy atom. The first-order valence-corrected chi connectivity index (χ1v) is 24.1. The van der Waals surface area contributed by atoms with Crippen molar-refractivity contribution in [3.63, 3.8) is 0 Å². The Bertz CT molecular complexity index is 2960. The highest BCUT2D eigenvalue weighted by Crippen LogP contribution is 2.42. The lowest BCUT2D eigenvalue weighted by molar-refractivity contribution is 0.386. The molecule has 0 amide bonds. The van der Waals surface area contributed by atoms with Crippen LogP contribution in [0.15, 0.2) is 175 Å². The molecule has 0 aromatic heterocycles. The SMILES string of the molecule is CC(=NCS(=O)(=O)c1ccc(C)cc1)c1ccc2c(c1)Cc1ccccc1S2.COc1cc(B(O)O)ccc1F.COc1cc(C(C)c2ccc3c(c2)Cc2ccccc2S3)ccc1F. The van der Waals surface area contributed by atoms with Crippen molar-refractivity contribution in [2.75, 3.05) is 20.1 Å². The number of fused-ring (bicyclic) bond motifs is 4. The van der Waals surface area contributed by atoms with Gasteiger partial charge in [-0.3, -0.25) is 4.99 Å². The molecule has 7 nitrogen and oxygen atoms in total. The molecule has 332 valence electrons. The first kappa shape index (κ1) is 47.3. The first-order chi connectivity index (χ1) is 31.2. The molecule has 0 radical (unpaired) electrons. The lowest BCUT2D eigenvalue weighted by Gasteiger charge is -2.21. The summed E-state index contributed by atoms with van der Waals surface area (Å²) in [5.41, 5.74) is 10.6. The van der Waals surface area contributed by atoms with Gasteiger partial charge in [0.1, 0.15) is 5.88 Å². The van der Waals surface area contributed by atoms with Crippen LogP contribution >= 0.6 is 23.5 Å². The van der Waals surface area contributed by atoms with Crippen molar-refractivity contribution in [1.29, 1.82) is 0 Å². The summed E-state index contributed by atoms with van der Waals surface area (Å²) in [6.07, 6.45) is 1.85. The van der Waals surface area contributed by atoms with Crippen LogP contribution in [0, 0.1) is 18.6 Å². The van der Waals surface area contributed by atoms with Crippen LogP contribution in [-0.4, -0.2) is 51.4 Å². The van der Waals surface area contributed by atoms with Gasteiger partial charge >= 0.3 is 7.12 Å². The van der Waals surface area contributed by atoms with E-state index in [9.17, 15) is 17.2 Å². The molecule has 13 heteroatoms. The van der Waals surface area contributed by atoms with Crippen molar-refractivity contribution in [3.8, 4) is 11.5 Å². The van der Waals surface area contributed by atoms with Crippen LogP contribution in [0.4, 0.5) is 8.78 Å². The Morgan fingerprint density at radius 2 is 1.17 bits per heavy atom. The molecule has 0 bridgehead atoms. The van der Waals surface area contributed by atoms with E-state index in [0.29, 0.717) is 10.6 Å². The van der Waals surface area contributed by atoms with Crippen LogP contribution in [0.5, 0.6) is 11.5 Å². The van der Waals surface area contributed by atoms with Gasteiger partial charge in [-0.25, -0.2) is 17.2 Å². The zero-order valence-corrected chi connectivity index (χ0v) is 39.0. The Balaban J connectivity index is 0.000000157. The van der Waals surface area contributed by atoms with Crippen LogP contribution in [0.25, 0.3) is 0 Å². The minimum Gasteiger partial charge on any atom is -0.494 e. The number of ether oxygens (including phenoxy) is 2. The van der Waals surface area contributed by atoms with Crippen molar-refractivity contribution in [1.82, 2.24) is 0 Å². The van der Waals surface area contributed by atoms with Crippen molar-refractivity contribution >= 4 is 51.7 Å². The van der Waals surface area contributed by atoms with E-state index in [-0.39, 0.29) is 28.8 Å². The van der Waals surface area contributed by atoms with Crippen LogP contribution < -0.4 is 14.9 Å². The fourth-order valence-corrected chi connectivity index (χ4v) is 10.5. The molecule has 2 heterocycles. The summed E-state index contributed by atoms with van der Waals surface area (Å²) in [4.78, 5) is 9.92. The van der Waals surface area contributed by atoms with Gasteiger partial charge in [0.25, 0.3) is 0 Å². The number of methoxy groups -OCH3 is 2. The van der Waals surface area contributed by atoms with Gasteiger partial charge in [-0.2, -0.15) is 0 Å². The minimum absolute atomic E-state index is 0.000556. The topological polar surface area (TPSA) is 105 Å². The van der Waals surface area contributed by atoms with E-state index in [1.165, 1.54) is 79.8 Å². The van der Waals surface area contributed by atoms with Gasteiger partial charge in [0.2, 0.25) is 0 Å². The van der Waals surface area contributed by atoms with Gasteiger partial charge < -0.3 is 19.5 Å². The number of nitrogens with zero attached hydrogens (tertiary/aromatic N) is 1. The summed E-state index contributed by atoms with van der Waals surface area (Å²) >= 11 is 3.62. The standard InChI is InChI=1S/C23H21NO2S2.C22H19FOS.C7H8BFO3/c1-16-7-10-21(11-8-16)28(25,26)15-24-17(2)18-9-12-23-20(13-18)14-19-5-3-4-6-22(19)27-23;1-14(16-7-9-19(23)20(13-16)24-2)15-8-10-22-18(11-15)12-17-5-3-4-6-21(17)25-22;1-12-7-4-5(8(10)11)2-3-6(7)9/h3-13H,14-15H2,1-2H3;3-11,13-14H,12H2,1-2H3;2-4,10-11H,1H3. The molecule has 7 aromatic carbocycles. The van der Waals surface area contributed by atoms with Gasteiger partial charge in [-0.05, 0) is 138 Å². The number of rotatable bonds is 9. The van der Waals surface area contributed by atoms with Crippen molar-refractivity contribution in [3.05, 3.63) is 202 Å². The van der Waals surface area contributed by atoms with Gasteiger partial charge in [0.05, 0.1) is 19.1 Å². The van der Waals surface area contributed by atoms with Crippen LogP contribution in [0.1, 0.15) is 64.3 Å². The van der Waals surface area contributed by atoms with Gasteiger partial charge in [-0.15, -0.1) is 0 Å². The molecule has 2 N–H and O–H groups in total. The molecule has 65 heavy (non-hydrogen) atoms. The summed E-state index contributed by atoms with van der Waals surface area (Å²) in [7, 11) is -2.21. The third-order valence-electron chi connectivity index (χ3n) is 11.2. The average molecular weight is 928 g/mol. The highest BCUT2D eigenvalue weighted by Gasteiger charge is 2.20. The summed E-state index contributed by atoms with van der Waals surface area (Å²) < 4.78 is 61.3. The van der Waals surface area contributed by atoms with E-state index in [4.69, 9.17) is 14.8 Å². The predicted octanol–water partition coefficient (Wildman–Crippen LogP) is 10.8. The normalized spacial score (nSPS) is 13.0. The number of sulfone groups is 1. The predicted molar refractivity (Wildman–Crippen MR) is 258 cm³/mol. The molecule has 1 unspecified atom stereocenters. The number of benzene rings is 7. The maximum absolute atomic E-state index is 13.7. The maximum Gasteiger partial charge on any atom is 0.488 e. The Hall–Kier alpha value is -5.70. The second-order valence-electron chi connectivity index (χ2n) is 15.6. The lowest BCUT2D eigenvalue weighted by Crippen LogP contribution is -2.29. The number of aliphatic imine (C=N–C) groups is 1. The molecule has 7 aromatic rings. The number of hydrogen-bond acceptors (Lipinski definition) is 9. The van der Waals surface area contributed by atoms with Gasteiger partial charge in [0, 0.05) is 31.2 Å². The molecule has 0 saturated carbocycles. The number of hydrogen-bond donors (Lipinski definition) is 2. The molecule has 0 saturated heterocycles. The third kappa shape index (κ3) is 11.6. The summed E-state index contributed by atoms with van der Waals surface area (Å²) in [5.74, 6) is -0.607. The maximum atomic E-state index is 13.7. The monoisotopic (exact) mass is 927 g/mol. The number of aryl methyl sites for hydroxylation is 1. The van der Waals surface area contributed by atoms with Gasteiger partial charge in [-0.1, -0.05) is 115 Å². The largest absolute Gasteiger partial charge is 0.494 e. The zero-order valence-electron chi connectivity index (χ0n) is 36.6. The smallest absolute Gasteiger partial charge is 0.488 e. The highest BCUT2D eigenvalue weighted by molar-refractivity contribution is 7.99. The van der Waals surface area contributed by atoms with Gasteiger partial charge in [0.15, 0.2) is 33.0 Å². The fourth-order valence-electron chi connectivity index (χ4n) is 7.36. The lowest BCUT2D eigenvalue weighted by atomic mass is 9.80. The summed E-state index contributed by atoms with van der Waals surface area (Å²) in [5, 5.41) is 17.4. The van der Waals surface area contributed by atoms with Crippen molar-refractivity contribution in [2.24, 2.45) is 4.99 Å². The molecular weight excluding hydrogens is 880 g/mol. The Morgan fingerprint density at radius 1 is 0.662 bits per heavy atom. The second-order valence-corrected chi connectivity index (χ2v) is 19.8. The molecule has 0 fully saturated rings. The van der Waals surface area contributed by atoms with E-state index >= 15 is 0 Å². The molecule has 2 aliphatic rings. The van der Waals surface area contributed by atoms with Crippen molar-refractivity contribution < 1.29 is 36.7 Å². The fraction of sp³-hybridized carbons (Fsp3) is 0.173. The second kappa shape index (κ2) is 21.1. The average Bonchev–Trinajstić information content (AvgIpc) is 3.32. The van der Waals surface area contributed by atoms with Crippen LogP contribution in [-0.2, 0) is 22.7 Å². The molecule has 1 atom stereocenters. The molecule has 0 aliphatic carbocycles. The van der Waals surface area contributed by atoms with Crippen molar-refractivity contribution in [2.45, 2.75) is 64.0 Å². The Kier molecular flexibility index (Phi) is 15.3. The zero-order chi connectivity index (χ0) is 46.3. The molecule has 0 spiro atoms.